The fourth-order valence-electron chi connectivity index (χ4n) is 3.60. The van der Waals surface area contributed by atoms with E-state index in [1.807, 2.05) is 12.4 Å². The molecule has 0 bridgehead atoms. The molecule has 0 radical (unpaired) electrons. The standard InChI is InChI=1S/C22H22ClN5O/c23-21-8-7-18(12-26-21)22(29)27-20-2-1-9-28(14-20)13-16-3-5-17(6-4-16)19-10-24-15-25-11-19/h3-8,10-12,15,20H,1-2,9,13-14H2,(H,27,29). The zero-order valence-corrected chi connectivity index (χ0v) is 16.7. The van der Waals surface area contributed by atoms with Gasteiger partial charge in [-0.05, 0) is 42.6 Å². The molecule has 0 saturated carbocycles. The zero-order valence-electron chi connectivity index (χ0n) is 16.0. The largest absolute Gasteiger partial charge is 0.348 e. The van der Waals surface area contributed by atoms with Crippen molar-refractivity contribution in [3.05, 3.63) is 77.6 Å². The number of halogens is 1. The number of nitrogens with one attached hydrogen (secondary N) is 1. The Labute approximate surface area is 175 Å². The lowest BCUT2D eigenvalue weighted by molar-refractivity contribution is 0.0900. The molecule has 1 aromatic carbocycles. The Kier molecular flexibility index (Phi) is 6.12. The van der Waals surface area contributed by atoms with Gasteiger partial charge in [-0.3, -0.25) is 9.69 Å². The molecule has 1 aliphatic rings. The number of pyridine rings is 1. The van der Waals surface area contributed by atoms with Gasteiger partial charge in [0, 0.05) is 43.3 Å². The van der Waals surface area contributed by atoms with Crippen molar-refractivity contribution in [2.24, 2.45) is 0 Å². The van der Waals surface area contributed by atoms with Gasteiger partial charge in [0.2, 0.25) is 0 Å². The van der Waals surface area contributed by atoms with Gasteiger partial charge in [0.25, 0.3) is 5.91 Å². The van der Waals surface area contributed by atoms with Gasteiger partial charge >= 0.3 is 0 Å². The molecule has 2 aromatic heterocycles. The summed E-state index contributed by atoms with van der Waals surface area (Å²) >= 11 is 5.79. The molecule has 0 aliphatic carbocycles. The van der Waals surface area contributed by atoms with Gasteiger partial charge in [-0.15, -0.1) is 0 Å². The molecule has 0 spiro atoms. The fourth-order valence-corrected chi connectivity index (χ4v) is 3.72. The number of amides is 1. The number of carbonyl (C=O) groups is 1. The van der Waals surface area contributed by atoms with E-state index in [4.69, 9.17) is 11.6 Å². The number of hydrogen-bond acceptors (Lipinski definition) is 5. The molecule has 1 fully saturated rings. The first-order valence-corrected chi connectivity index (χ1v) is 10.0. The van der Waals surface area contributed by atoms with Crippen LogP contribution in [0.5, 0.6) is 0 Å². The molecule has 3 heterocycles. The van der Waals surface area contributed by atoms with Crippen molar-refractivity contribution in [1.82, 2.24) is 25.2 Å². The highest BCUT2D eigenvalue weighted by Crippen LogP contribution is 2.20. The summed E-state index contributed by atoms with van der Waals surface area (Å²) < 4.78 is 0. The van der Waals surface area contributed by atoms with Crippen LogP contribution in [0.15, 0.2) is 61.3 Å². The summed E-state index contributed by atoms with van der Waals surface area (Å²) in [5.74, 6) is -0.101. The highest BCUT2D eigenvalue weighted by Gasteiger charge is 2.22. The van der Waals surface area contributed by atoms with Gasteiger partial charge in [-0.25, -0.2) is 15.0 Å². The van der Waals surface area contributed by atoms with Crippen LogP contribution in [-0.2, 0) is 6.54 Å². The Morgan fingerprint density at radius 1 is 1.07 bits per heavy atom. The molecule has 6 nitrogen and oxygen atoms in total. The highest BCUT2D eigenvalue weighted by atomic mass is 35.5. The van der Waals surface area contributed by atoms with E-state index in [1.54, 1.807) is 12.1 Å². The lowest BCUT2D eigenvalue weighted by atomic mass is 10.0. The maximum Gasteiger partial charge on any atom is 0.253 e. The van der Waals surface area contributed by atoms with Gasteiger partial charge in [-0.2, -0.15) is 0 Å². The van der Waals surface area contributed by atoms with E-state index in [0.29, 0.717) is 10.7 Å². The normalized spacial score (nSPS) is 17.1. The summed E-state index contributed by atoms with van der Waals surface area (Å²) in [6.07, 6.45) is 8.72. The third-order valence-electron chi connectivity index (χ3n) is 5.08. The number of benzene rings is 1. The topological polar surface area (TPSA) is 71.0 Å². The van der Waals surface area contributed by atoms with Crippen LogP contribution in [0.4, 0.5) is 0 Å². The van der Waals surface area contributed by atoms with Gasteiger partial charge in [0.05, 0.1) is 5.56 Å². The first-order chi connectivity index (χ1) is 14.2. The maximum atomic E-state index is 12.4. The van der Waals surface area contributed by atoms with E-state index in [9.17, 15) is 4.79 Å². The minimum atomic E-state index is -0.101. The molecule has 1 N–H and O–H groups in total. The van der Waals surface area contributed by atoms with Crippen LogP contribution in [0.1, 0.15) is 28.8 Å². The summed E-state index contributed by atoms with van der Waals surface area (Å²) in [5, 5.41) is 3.51. The van der Waals surface area contributed by atoms with Crippen LogP contribution < -0.4 is 5.32 Å². The molecule has 1 saturated heterocycles. The van der Waals surface area contributed by atoms with Crippen molar-refractivity contribution in [3.8, 4) is 11.1 Å². The molecule has 1 aliphatic heterocycles. The number of aromatic nitrogens is 3. The summed E-state index contributed by atoms with van der Waals surface area (Å²) in [4.78, 5) is 26.9. The third kappa shape index (κ3) is 5.16. The van der Waals surface area contributed by atoms with Crippen molar-refractivity contribution >= 4 is 17.5 Å². The number of carbonyl (C=O) groups excluding carboxylic acids is 1. The van der Waals surface area contributed by atoms with Crippen LogP contribution in [0.2, 0.25) is 5.15 Å². The number of hydrogen-bond donors (Lipinski definition) is 1. The van der Waals surface area contributed by atoms with Crippen molar-refractivity contribution < 1.29 is 4.79 Å². The summed E-state index contributed by atoms with van der Waals surface area (Å²) in [5.41, 5.74) is 3.90. The fraction of sp³-hybridized carbons (Fsp3) is 0.273. The Hall–Kier alpha value is -2.83. The zero-order chi connectivity index (χ0) is 20.1. The third-order valence-corrected chi connectivity index (χ3v) is 5.31. The summed E-state index contributed by atoms with van der Waals surface area (Å²) in [6, 6.07) is 12.0. The van der Waals surface area contributed by atoms with Crippen LogP contribution in [0, 0.1) is 0 Å². The molecule has 148 valence electrons. The van der Waals surface area contributed by atoms with E-state index in [-0.39, 0.29) is 11.9 Å². The second-order valence-corrected chi connectivity index (χ2v) is 7.63. The molecule has 7 heteroatoms. The quantitative estimate of drug-likeness (QED) is 0.654. The van der Waals surface area contributed by atoms with Gasteiger partial charge < -0.3 is 5.32 Å². The number of rotatable bonds is 5. The summed E-state index contributed by atoms with van der Waals surface area (Å²) in [7, 11) is 0. The lowest BCUT2D eigenvalue weighted by Crippen LogP contribution is -2.47. The smallest absolute Gasteiger partial charge is 0.253 e. The second-order valence-electron chi connectivity index (χ2n) is 7.24. The molecule has 4 rings (SSSR count). The molecular weight excluding hydrogens is 386 g/mol. The second kappa shape index (κ2) is 9.11. The number of likely N-dealkylation sites (tertiary alicyclic amines) is 1. The van der Waals surface area contributed by atoms with Crippen molar-refractivity contribution in [1.29, 1.82) is 0 Å². The van der Waals surface area contributed by atoms with Crippen molar-refractivity contribution in [3.63, 3.8) is 0 Å². The van der Waals surface area contributed by atoms with Crippen LogP contribution in [-0.4, -0.2) is 44.9 Å². The van der Waals surface area contributed by atoms with E-state index >= 15 is 0 Å². The predicted molar refractivity (Wildman–Crippen MR) is 112 cm³/mol. The van der Waals surface area contributed by atoms with Crippen molar-refractivity contribution in [2.45, 2.75) is 25.4 Å². The molecule has 1 unspecified atom stereocenters. The van der Waals surface area contributed by atoms with E-state index in [0.717, 1.165) is 43.6 Å². The van der Waals surface area contributed by atoms with E-state index < -0.39 is 0 Å². The molecule has 3 aromatic rings. The average Bonchev–Trinajstić information content (AvgIpc) is 2.76. The van der Waals surface area contributed by atoms with Crippen LogP contribution >= 0.6 is 11.6 Å². The Bertz CT molecular complexity index is 947. The van der Waals surface area contributed by atoms with E-state index in [2.05, 4.69) is 49.4 Å². The van der Waals surface area contributed by atoms with E-state index in [1.165, 1.54) is 18.1 Å². The van der Waals surface area contributed by atoms with Gasteiger partial charge in [0.1, 0.15) is 11.5 Å². The Balaban J connectivity index is 1.34. The van der Waals surface area contributed by atoms with Gasteiger partial charge in [0.15, 0.2) is 0 Å². The molecule has 29 heavy (non-hydrogen) atoms. The van der Waals surface area contributed by atoms with Crippen molar-refractivity contribution in [2.75, 3.05) is 13.1 Å². The highest BCUT2D eigenvalue weighted by molar-refractivity contribution is 6.29. The predicted octanol–water partition coefficient (Wildman–Crippen LogP) is 3.59. The number of piperidine rings is 1. The Morgan fingerprint density at radius 2 is 1.86 bits per heavy atom. The maximum absolute atomic E-state index is 12.4. The van der Waals surface area contributed by atoms with Crippen LogP contribution in [0.25, 0.3) is 11.1 Å². The van der Waals surface area contributed by atoms with Crippen LogP contribution in [0.3, 0.4) is 0 Å². The first kappa shape index (κ1) is 19.5. The molecule has 1 atom stereocenters. The molecular formula is C22H22ClN5O. The average molecular weight is 408 g/mol. The SMILES string of the molecule is O=C(NC1CCCN(Cc2ccc(-c3cncnc3)cc2)C1)c1ccc(Cl)nc1. The summed E-state index contributed by atoms with van der Waals surface area (Å²) in [6.45, 7) is 2.73. The Morgan fingerprint density at radius 3 is 2.59 bits per heavy atom. The van der Waals surface area contributed by atoms with Gasteiger partial charge in [-0.1, -0.05) is 35.9 Å². The minimum Gasteiger partial charge on any atom is -0.348 e. The lowest BCUT2D eigenvalue weighted by Gasteiger charge is -2.33. The minimum absolute atomic E-state index is 0.101. The number of nitrogens with zero attached hydrogens (tertiary/aromatic N) is 4. The monoisotopic (exact) mass is 407 g/mol. The first-order valence-electron chi connectivity index (χ1n) is 9.66. The molecule has 1 amide bonds.